The van der Waals surface area contributed by atoms with Crippen LogP contribution in [-0.4, -0.2) is 93.2 Å². The van der Waals surface area contributed by atoms with Gasteiger partial charge in [0.2, 0.25) is 0 Å². The molecule has 6 atom stereocenters. The van der Waals surface area contributed by atoms with Crippen LogP contribution in [0, 0.1) is 10.1 Å². The molecule has 24 heavy (non-hydrogen) atoms. The van der Waals surface area contributed by atoms with E-state index in [-0.39, 0.29) is 39.3 Å². The van der Waals surface area contributed by atoms with E-state index in [1.165, 1.54) is 6.92 Å². The summed E-state index contributed by atoms with van der Waals surface area (Å²) < 4.78 is 10.5. The molecule has 0 spiro atoms. The van der Waals surface area contributed by atoms with Crippen LogP contribution in [0.25, 0.3) is 0 Å². The molecule has 11 nitrogen and oxygen atoms in total. The van der Waals surface area contributed by atoms with Crippen LogP contribution in [0.5, 0.6) is 0 Å². The van der Waals surface area contributed by atoms with Gasteiger partial charge in [-0.3, -0.25) is 0 Å². The van der Waals surface area contributed by atoms with Crippen LogP contribution in [0.2, 0.25) is 0 Å². The topological polar surface area (TPSA) is 172 Å². The minimum atomic E-state index is -1.60. The summed E-state index contributed by atoms with van der Waals surface area (Å²) in [7, 11) is 0. The molecule has 0 saturated carbocycles. The molecule has 2 fully saturated rings. The summed E-state index contributed by atoms with van der Waals surface area (Å²) in [6.07, 6.45) is -3.65. The molecule has 0 radical (unpaired) electrons. The first-order chi connectivity index (χ1) is 11.2. The van der Waals surface area contributed by atoms with Gasteiger partial charge in [0, 0.05) is 0 Å². The number of aliphatic hydroxyl groups is 5. The number of rotatable bonds is 7. The first-order valence-electron chi connectivity index (χ1n) is 7.60. The lowest BCUT2D eigenvalue weighted by Crippen LogP contribution is -2.53. The molecule has 2 aliphatic rings. The monoisotopic (exact) mass is 355 g/mol. The smallest absolute Gasteiger partial charge is 0.294 e. The maximum atomic E-state index is 10.4. The summed E-state index contributed by atoms with van der Waals surface area (Å²) >= 11 is 0. The Bertz CT molecular complexity index is 395. The summed E-state index contributed by atoms with van der Waals surface area (Å²) in [5.74, 6) is 0. The first kappa shape index (κ1) is 21.0. The zero-order valence-electron chi connectivity index (χ0n) is 13.4. The van der Waals surface area contributed by atoms with E-state index in [0.717, 1.165) is 0 Å². The lowest BCUT2D eigenvalue weighted by molar-refractivity contribution is -0.757. The molecule has 11 heteroatoms. The van der Waals surface area contributed by atoms with Crippen molar-refractivity contribution in [2.75, 3.05) is 26.4 Å². The average Bonchev–Trinajstić information content (AvgIpc) is 3.06. The van der Waals surface area contributed by atoms with Gasteiger partial charge in [0.1, 0.15) is 23.9 Å². The highest BCUT2D eigenvalue weighted by Crippen LogP contribution is 2.37. The second kappa shape index (κ2) is 9.42. The highest BCUT2D eigenvalue weighted by Gasteiger charge is 2.58. The van der Waals surface area contributed by atoms with Gasteiger partial charge in [-0.1, -0.05) is 0 Å². The minimum absolute atomic E-state index is 0.0504. The fraction of sp³-hybridized carbons (Fsp3) is 1.00. The predicted molar refractivity (Wildman–Crippen MR) is 77.4 cm³/mol. The zero-order valence-corrected chi connectivity index (χ0v) is 13.4. The van der Waals surface area contributed by atoms with Crippen LogP contribution in [0.1, 0.15) is 19.8 Å². The quantitative estimate of drug-likeness (QED) is 0.188. The molecular weight excluding hydrogens is 330 g/mol. The number of hydrogen-bond donors (Lipinski definition) is 5. The largest absolute Gasteiger partial charge is 0.394 e. The highest BCUT2D eigenvalue weighted by molar-refractivity contribution is 5.07. The van der Waals surface area contributed by atoms with E-state index in [9.17, 15) is 25.4 Å². The summed E-state index contributed by atoms with van der Waals surface area (Å²) in [6, 6.07) is 0. The van der Waals surface area contributed by atoms with Gasteiger partial charge in [0.25, 0.3) is 5.09 Å². The van der Waals surface area contributed by atoms with Crippen molar-refractivity contribution in [1.29, 1.82) is 0 Å². The Hall–Kier alpha value is -1.08. The Morgan fingerprint density at radius 2 is 2.04 bits per heavy atom. The molecule has 2 aliphatic heterocycles. The van der Waals surface area contributed by atoms with E-state index in [1.54, 1.807) is 0 Å². The molecule has 0 aromatic rings. The summed E-state index contributed by atoms with van der Waals surface area (Å²) in [5, 5.41) is 55.0. The van der Waals surface area contributed by atoms with Crippen molar-refractivity contribution < 1.29 is 44.9 Å². The molecule has 0 aromatic carbocycles. The number of hydrogen-bond acceptors (Lipinski definition) is 10. The fourth-order valence-corrected chi connectivity index (χ4v) is 2.48. The van der Waals surface area contributed by atoms with Gasteiger partial charge in [-0.15, -0.1) is 10.1 Å². The van der Waals surface area contributed by atoms with Crippen molar-refractivity contribution in [3.8, 4) is 0 Å². The summed E-state index contributed by atoms with van der Waals surface area (Å²) in [6.45, 7) is 1.14. The number of fused-ring (bicyclic) bond motifs is 1. The first-order valence-corrected chi connectivity index (χ1v) is 7.60. The summed E-state index contributed by atoms with van der Waals surface area (Å²) in [4.78, 5) is 14.1. The maximum Gasteiger partial charge on any atom is 0.294 e. The van der Waals surface area contributed by atoms with Crippen molar-refractivity contribution in [3.63, 3.8) is 0 Å². The molecule has 0 amide bonds. The normalized spacial score (nSPS) is 34.0. The molecule has 0 aliphatic carbocycles. The Kier molecular flexibility index (Phi) is 8.22. The minimum Gasteiger partial charge on any atom is -0.394 e. The Balaban J connectivity index is 0.000000505. The molecule has 2 heterocycles. The van der Waals surface area contributed by atoms with Crippen LogP contribution in [0.3, 0.4) is 0 Å². The lowest BCUT2D eigenvalue weighted by atomic mass is 9.88. The van der Waals surface area contributed by atoms with Crippen molar-refractivity contribution in [2.24, 2.45) is 0 Å². The van der Waals surface area contributed by atoms with Gasteiger partial charge in [0.05, 0.1) is 38.6 Å². The molecule has 2 saturated heterocycles. The molecule has 142 valence electrons. The van der Waals surface area contributed by atoms with E-state index < -0.39 is 41.2 Å². The van der Waals surface area contributed by atoms with E-state index >= 15 is 0 Å². The van der Waals surface area contributed by atoms with Crippen LogP contribution in [-0.2, 0) is 14.3 Å². The van der Waals surface area contributed by atoms with Crippen molar-refractivity contribution in [2.45, 2.75) is 55.9 Å². The Morgan fingerprint density at radius 1 is 1.42 bits per heavy atom. The third-order valence-corrected chi connectivity index (χ3v) is 3.78. The number of nitrogens with zero attached hydrogens (tertiary/aromatic N) is 1. The number of ether oxygens (including phenoxy) is 2. The maximum absolute atomic E-state index is 10.4. The van der Waals surface area contributed by atoms with Crippen LogP contribution < -0.4 is 0 Å². The highest BCUT2D eigenvalue weighted by atomic mass is 16.9. The fourth-order valence-electron chi connectivity index (χ4n) is 2.48. The zero-order chi connectivity index (χ0) is 18.3. The SMILES string of the molecule is CC(O)CO.O=[N+]([O-])OCCCC(O)[C@]1(O)CO[C@@H]2[C@@H](O)CO[C@@H]21. The van der Waals surface area contributed by atoms with Crippen molar-refractivity contribution in [1.82, 2.24) is 0 Å². The van der Waals surface area contributed by atoms with E-state index in [4.69, 9.17) is 19.7 Å². The second-order valence-electron chi connectivity index (χ2n) is 5.83. The van der Waals surface area contributed by atoms with E-state index in [0.29, 0.717) is 0 Å². The van der Waals surface area contributed by atoms with Crippen LogP contribution in [0.4, 0.5) is 0 Å². The number of aliphatic hydroxyl groups excluding tert-OH is 4. The molecule has 2 unspecified atom stereocenters. The Morgan fingerprint density at radius 3 is 2.58 bits per heavy atom. The average molecular weight is 355 g/mol. The second-order valence-corrected chi connectivity index (χ2v) is 5.83. The standard InChI is InChI=1S/C10H17NO8.C3H8O2/c12-6-4-17-9-8(6)18-5-10(9,14)7(13)2-1-3-19-11(15)16;1-3(5)2-4/h6-9,12-14H,1-5H2;3-5H,2H2,1H3/t6-,7?,8+,9-,10+;/m0./s1. The van der Waals surface area contributed by atoms with Crippen molar-refractivity contribution >= 4 is 0 Å². The molecule has 0 bridgehead atoms. The van der Waals surface area contributed by atoms with Crippen LogP contribution >= 0.6 is 0 Å². The summed E-state index contributed by atoms with van der Waals surface area (Å²) in [5.41, 5.74) is -1.60. The van der Waals surface area contributed by atoms with Gasteiger partial charge < -0.3 is 39.8 Å². The third kappa shape index (κ3) is 5.48. The molecule has 0 aromatic heterocycles. The lowest BCUT2D eigenvalue weighted by Gasteiger charge is -2.31. The third-order valence-electron chi connectivity index (χ3n) is 3.78. The van der Waals surface area contributed by atoms with E-state index in [1.807, 2.05) is 0 Å². The molecule has 5 N–H and O–H groups in total. The van der Waals surface area contributed by atoms with Crippen LogP contribution in [0.15, 0.2) is 0 Å². The van der Waals surface area contributed by atoms with Crippen molar-refractivity contribution in [3.05, 3.63) is 10.1 Å². The van der Waals surface area contributed by atoms with Gasteiger partial charge in [0.15, 0.2) is 0 Å². The van der Waals surface area contributed by atoms with Gasteiger partial charge in [-0.05, 0) is 19.8 Å². The Labute approximate surface area is 138 Å². The molecular formula is C13H25NO10. The van der Waals surface area contributed by atoms with Gasteiger partial charge in [-0.25, -0.2) is 0 Å². The van der Waals surface area contributed by atoms with E-state index in [2.05, 4.69) is 4.84 Å². The predicted octanol–water partition coefficient (Wildman–Crippen LogP) is -2.42. The van der Waals surface area contributed by atoms with Gasteiger partial charge in [-0.2, -0.15) is 0 Å². The molecule has 2 rings (SSSR count). The van der Waals surface area contributed by atoms with Gasteiger partial charge >= 0.3 is 0 Å².